The fraction of sp³-hybridized carbons (Fsp3) is 0.190. The zero-order valence-corrected chi connectivity index (χ0v) is 14.9. The van der Waals surface area contributed by atoms with Crippen LogP contribution in [0.2, 0.25) is 0 Å². The van der Waals surface area contributed by atoms with Crippen molar-refractivity contribution in [2.45, 2.75) is 19.4 Å². The van der Waals surface area contributed by atoms with Crippen LogP contribution in [0.4, 0.5) is 0 Å². The lowest BCUT2D eigenvalue weighted by atomic mass is 10.0. The number of carbonyl (C=O) groups excluding carboxylic acids is 1. The predicted octanol–water partition coefficient (Wildman–Crippen LogP) is 2.79. The molecule has 1 atom stereocenters. The minimum absolute atomic E-state index is 0.117. The summed E-state index contributed by atoms with van der Waals surface area (Å²) in [5.41, 5.74) is 1.86. The van der Waals surface area contributed by atoms with Gasteiger partial charge in [0, 0.05) is 23.7 Å². The highest BCUT2D eigenvalue weighted by atomic mass is 16.5. The van der Waals surface area contributed by atoms with Gasteiger partial charge in [0.1, 0.15) is 5.75 Å². The number of rotatable bonds is 3. The van der Waals surface area contributed by atoms with Gasteiger partial charge >= 0.3 is 0 Å². The number of carbonyl (C=O) groups is 1. The summed E-state index contributed by atoms with van der Waals surface area (Å²) in [7, 11) is 0. The van der Waals surface area contributed by atoms with Gasteiger partial charge in [-0.2, -0.15) is 5.10 Å². The van der Waals surface area contributed by atoms with Crippen LogP contribution in [0.25, 0.3) is 5.69 Å². The molecule has 0 saturated carbocycles. The molecule has 2 aromatic carbocycles. The Morgan fingerprint density at radius 3 is 2.70 bits per heavy atom. The Labute approximate surface area is 156 Å². The van der Waals surface area contributed by atoms with Crippen LogP contribution >= 0.6 is 0 Å². The maximum absolute atomic E-state index is 12.8. The van der Waals surface area contributed by atoms with Gasteiger partial charge in [-0.3, -0.25) is 9.59 Å². The molecular weight excluding hydrogens is 342 g/mol. The second-order valence-electron chi connectivity index (χ2n) is 6.45. The monoisotopic (exact) mass is 361 g/mol. The minimum Gasteiger partial charge on any atom is -0.493 e. The Hall–Kier alpha value is -3.41. The quantitative estimate of drug-likeness (QED) is 0.779. The van der Waals surface area contributed by atoms with Crippen molar-refractivity contribution in [3.63, 3.8) is 0 Å². The van der Waals surface area contributed by atoms with E-state index in [0.29, 0.717) is 18.7 Å². The number of amides is 1. The van der Waals surface area contributed by atoms with Crippen molar-refractivity contribution >= 4 is 5.91 Å². The molecule has 1 aliphatic heterocycles. The molecule has 0 saturated heterocycles. The Morgan fingerprint density at radius 2 is 1.89 bits per heavy atom. The fourth-order valence-corrected chi connectivity index (χ4v) is 3.25. The summed E-state index contributed by atoms with van der Waals surface area (Å²) in [6.07, 6.45) is 0.640. The molecule has 27 heavy (non-hydrogen) atoms. The third-order valence-corrected chi connectivity index (χ3v) is 4.59. The average Bonchev–Trinajstić information content (AvgIpc) is 2.69. The standard InChI is InChI=1S/C21H19N3O3/c1-14-13-18(25)20(23-24(14)15-7-3-2-4-8-15)21(26)22-17-11-12-27-19-10-6-5-9-16(17)19/h2-10,13,17H,11-12H2,1H3,(H,22,26)/t17-/m1/s1. The second-order valence-corrected chi connectivity index (χ2v) is 6.45. The first-order chi connectivity index (χ1) is 13.1. The van der Waals surface area contributed by atoms with Gasteiger partial charge < -0.3 is 10.1 Å². The van der Waals surface area contributed by atoms with Crippen LogP contribution in [0.3, 0.4) is 0 Å². The molecule has 2 heterocycles. The van der Waals surface area contributed by atoms with Crippen molar-refractivity contribution in [2.75, 3.05) is 6.61 Å². The molecule has 1 aromatic heterocycles. The van der Waals surface area contributed by atoms with E-state index in [-0.39, 0.29) is 11.7 Å². The molecule has 0 bridgehead atoms. The number of para-hydroxylation sites is 2. The van der Waals surface area contributed by atoms with E-state index < -0.39 is 11.3 Å². The van der Waals surface area contributed by atoms with E-state index in [2.05, 4.69) is 10.4 Å². The van der Waals surface area contributed by atoms with Gasteiger partial charge in [0.15, 0.2) is 5.69 Å². The van der Waals surface area contributed by atoms with Crippen LogP contribution in [0.15, 0.2) is 65.5 Å². The fourth-order valence-electron chi connectivity index (χ4n) is 3.25. The molecule has 1 amide bonds. The Morgan fingerprint density at radius 1 is 1.15 bits per heavy atom. The van der Waals surface area contributed by atoms with Gasteiger partial charge in [-0.15, -0.1) is 0 Å². The first kappa shape index (κ1) is 17.0. The highest BCUT2D eigenvalue weighted by molar-refractivity contribution is 5.92. The highest BCUT2D eigenvalue weighted by Gasteiger charge is 2.25. The van der Waals surface area contributed by atoms with Gasteiger partial charge in [0.2, 0.25) is 5.43 Å². The van der Waals surface area contributed by atoms with Gasteiger partial charge in [-0.1, -0.05) is 36.4 Å². The lowest BCUT2D eigenvalue weighted by molar-refractivity contribution is 0.0916. The third-order valence-electron chi connectivity index (χ3n) is 4.59. The maximum atomic E-state index is 12.8. The van der Waals surface area contributed by atoms with E-state index in [9.17, 15) is 9.59 Å². The van der Waals surface area contributed by atoms with E-state index >= 15 is 0 Å². The number of nitrogens with zero attached hydrogens (tertiary/aromatic N) is 2. The molecule has 136 valence electrons. The molecule has 3 aromatic rings. The highest BCUT2D eigenvalue weighted by Crippen LogP contribution is 2.31. The van der Waals surface area contributed by atoms with Crippen LogP contribution in [0.5, 0.6) is 5.75 Å². The van der Waals surface area contributed by atoms with E-state index in [0.717, 1.165) is 17.0 Å². The largest absolute Gasteiger partial charge is 0.493 e. The normalized spacial score (nSPS) is 15.5. The molecule has 4 rings (SSSR count). The van der Waals surface area contributed by atoms with Gasteiger partial charge in [0.05, 0.1) is 18.3 Å². The number of hydrogen-bond donors (Lipinski definition) is 1. The molecular formula is C21H19N3O3. The summed E-state index contributed by atoms with van der Waals surface area (Å²) in [6.45, 7) is 2.30. The number of fused-ring (bicyclic) bond motifs is 1. The Bertz CT molecular complexity index is 1040. The summed E-state index contributed by atoms with van der Waals surface area (Å²) in [5.74, 6) is 0.277. The average molecular weight is 361 g/mol. The van der Waals surface area contributed by atoms with Crippen molar-refractivity contribution < 1.29 is 9.53 Å². The van der Waals surface area contributed by atoms with E-state index in [1.807, 2.05) is 54.6 Å². The van der Waals surface area contributed by atoms with Gasteiger partial charge in [-0.25, -0.2) is 4.68 Å². The van der Waals surface area contributed by atoms with E-state index in [1.165, 1.54) is 6.07 Å². The van der Waals surface area contributed by atoms with Crippen LogP contribution in [-0.4, -0.2) is 22.3 Å². The summed E-state index contributed by atoms with van der Waals surface area (Å²) < 4.78 is 7.23. The van der Waals surface area contributed by atoms with E-state index in [4.69, 9.17) is 4.74 Å². The smallest absolute Gasteiger partial charge is 0.276 e. The van der Waals surface area contributed by atoms with Crippen LogP contribution in [-0.2, 0) is 0 Å². The van der Waals surface area contributed by atoms with Crippen molar-refractivity contribution in [1.82, 2.24) is 15.1 Å². The molecule has 1 aliphatic rings. The zero-order chi connectivity index (χ0) is 18.8. The number of hydrogen-bond acceptors (Lipinski definition) is 4. The summed E-state index contributed by atoms with van der Waals surface area (Å²) in [5, 5.41) is 7.26. The SMILES string of the molecule is Cc1cc(=O)c(C(=O)N[C@@H]2CCOc3ccccc32)nn1-c1ccccc1. The van der Waals surface area contributed by atoms with Crippen molar-refractivity contribution in [1.29, 1.82) is 0 Å². The summed E-state index contributed by atoms with van der Waals surface area (Å²) in [6, 6.07) is 18.2. The number of aryl methyl sites for hydroxylation is 1. The molecule has 0 spiro atoms. The molecule has 0 unspecified atom stereocenters. The van der Waals surface area contributed by atoms with Crippen LogP contribution < -0.4 is 15.5 Å². The topological polar surface area (TPSA) is 73.2 Å². The van der Waals surface area contributed by atoms with Gasteiger partial charge in [0.25, 0.3) is 5.91 Å². The molecule has 6 nitrogen and oxygen atoms in total. The lowest BCUT2D eigenvalue weighted by Gasteiger charge is -2.26. The van der Waals surface area contributed by atoms with Crippen LogP contribution in [0.1, 0.15) is 34.2 Å². The third kappa shape index (κ3) is 3.33. The molecule has 0 radical (unpaired) electrons. The zero-order valence-electron chi connectivity index (χ0n) is 14.9. The molecule has 0 aliphatic carbocycles. The van der Waals surface area contributed by atoms with Crippen LogP contribution in [0, 0.1) is 6.92 Å². The minimum atomic E-state index is -0.480. The number of nitrogens with one attached hydrogen (secondary N) is 1. The first-order valence-electron chi connectivity index (χ1n) is 8.82. The number of aromatic nitrogens is 2. The lowest BCUT2D eigenvalue weighted by Crippen LogP contribution is -2.36. The number of ether oxygens (including phenoxy) is 1. The summed E-state index contributed by atoms with van der Waals surface area (Å²) in [4.78, 5) is 25.2. The predicted molar refractivity (Wildman–Crippen MR) is 101 cm³/mol. The number of benzene rings is 2. The second kappa shape index (κ2) is 7.07. The van der Waals surface area contributed by atoms with Crippen molar-refractivity contribution in [2.24, 2.45) is 0 Å². The molecule has 6 heteroatoms. The molecule has 0 fully saturated rings. The maximum Gasteiger partial charge on any atom is 0.276 e. The summed E-state index contributed by atoms with van der Waals surface area (Å²) >= 11 is 0. The van der Waals surface area contributed by atoms with Crippen molar-refractivity contribution in [3.8, 4) is 11.4 Å². The van der Waals surface area contributed by atoms with Gasteiger partial charge in [-0.05, 0) is 25.1 Å². The first-order valence-corrected chi connectivity index (χ1v) is 8.82. The van der Waals surface area contributed by atoms with E-state index in [1.54, 1.807) is 11.6 Å². The Balaban J connectivity index is 1.66. The van der Waals surface area contributed by atoms with Crippen molar-refractivity contribution in [3.05, 3.63) is 87.8 Å². The Kier molecular flexibility index (Phi) is 4.46. The molecule has 1 N–H and O–H groups in total.